The van der Waals surface area contributed by atoms with Crippen molar-refractivity contribution >= 4 is 17.4 Å². The summed E-state index contributed by atoms with van der Waals surface area (Å²) in [6.45, 7) is 0. The molecule has 140 valence electrons. The molecule has 8 heteroatoms. The van der Waals surface area contributed by atoms with E-state index < -0.39 is 17.2 Å². The fourth-order valence-electron chi connectivity index (χ4n) is 3.78. The fraction of sp³-hybridized carbons (Fsp3) is 0.316. The van der Waals surface area contributed by atoms with Crippen LogP contribution in [-0.4, -0.2) is 20.5 Å². The molecule has 5 nitrogen and oxygen atoms in total. The molecule has 2 heterocycles. The largest absolute Gasteiger partial charge is 0.416 e. The van der Waals surface area contributed by atoms with Gasteiger partial charge in [0.15, 0.2) is 5.65 Å². The first-order valence-electron chi connectivity index (χ1n) is 8.68. The number of nitrogens with one attached hydrogen (secondary N) is 1. The third-order valence-electron chi connectivity index (χ3n) is 5.17. The van der Waals surface area contributed by atoms with E-state index in [4.69, 9.17) is 0 Å². The zero-order valence-corrected chi connectivity index (χ0v) is 14.3. The Labute approximate surface area is 153 Å². The number of carbonyl (C=O) groups excluding carboxylic acids is 1. The van der Waals surface area contributed by atoms with E-state index in [0.717, 1.165) is 25.0 Å². The average molecular weight is 374 g/mol. The van der Waals surface area contributed by atoms with Gasteiger partial charge >= 0.3 is 6.18 Å². The number of hydrogen-bond acceptors (Lipinski definition) is 3. The molecule has 1 aromatic carbocycles. The van der Waals surface area contributed by atoms with E-state index in [1.807, 2.05) is 0 Å². The summed E-state index contributed by atoms with van der Waals surface area (Å²) in [6.07, 6.45) is 1.27. The Hall–Kier alpha value is -2.90. The molecule has 1 N–H and O–H groups in total. The lowest BCUT2D eigenvalue weighted by molar-refractivity contribution is -0.137. The number of nitrogens with zero attached hydrogens (tertiary/aromatic N) is 3. The number of benzene rings is 1. The molecular weight excluding hydrogens is 357 g/mol. The second-order valence-corrected chi connectivity index (χ2v) is 6.75. The van der Waals surface area contributed by atoms with Gasteiger partial charge in [-0.1, -0.05) is 31.0 Å². The van der Waals surface area contributed by atoms with Crippen LogP contribution in [0.2, 0.25) is 0 Å². The van der Waals surface area contributed by atoms with E-state index in [9.17, 15) is 18.0 Å². The van der Waals surface area contributed by atoms with Gasteiger partial charge in [-0.3, -0.25) is 4.79 Å². The molecule has 0 saturated heterocycles. The second-order valence-electron chi connectivity index (χ2n) is 6.75. The first-order chi connectivity index (χ1) is 12.9. The predicted octanol–water partition coefficient (Wildman–Crippen LogP) is 4.20. The Morgan fingerprint density at radius 3 is 2.63 bits per heavy atom. The fourth-order valence-corrected chi connectivity index (χ4v) is 3.78. The minimum Gasteiger partial charge on any atom is -0.310 e. The van der Waals surface area contributed by atoms with Gasteiger partial charge in [0, 0.05) is 12.3 Å². The van der Waals surface area contributed by atoms with Gasteiger partial charge in [0.1, 0.15) is 5.82 Å². The Morgan fingerprint density at radius 1 is 1.11 bits per heavy atom. The average Bonchev–Trinajstić information content (AvgIpc) is 3.32. The van der Waals surface area contributed by atoms with E-state index in [2.05, 4.69) is 15.4 Å². The van der Waals surface area contributed by atoms with Crippen molar-refractivity contribution in [1.82, 2.24) is 14.6 Å². The van der Waals surface area contributed by atoms with Crippen LogP contribution in [0.4, 0.5) is 19.0 Å². The highest BCUT2D eigenvalue weighted by molar-refractivity contribution is 5.99. The van der Waals surface area contributed by atoms with Crippen LogP contribution in [0.3, 0.4) is 0 Å². The van der Waals surface area contributed by atoms with Crippen molar-refractivity contribution in [1.29, 1.82) is 0 Å². The number of anilines is 1. The van der Waals surface area contributed by atoms with E-state index in [0.29, 0.717) is 29.9 Å². The Bertz CT molecular complexity index is 990. The Kier molecular flexibility index (Phi) is 4.13. The molecule has 0 radical (unpaired) electrons. The van der Waals surface area contributed by atoms with Crippen LogP contribution in [0.15, 0.2) is 48.8 Å². The monoisotopic (exact) mass is 374 g/mol. The molecule has 27 heavy (non-hydrogen) atoms. The van der Waals surface area contributed by atoms with Crippen LogP contribution in [-0.2, 0) is 16.4 Å². The molecule has 0 spiro atoms. The number of halogens is 3. The lowest BCUT2D eigenvalue weighted by Gasteiger charge is -2.29. The number of alkyl halides is 3. The van der Waals surface area contributed by atoms with Crippen LogP contribution < -0.4 is 5.32 Å². The molecule has 3 aromatic rings. The van der Waals surface area contributed by atoms with E-state index >= 15 is 0 Å². The van der Waals surface area contributed by atoms with Gasteiger partial charge in [0.25, 0.3) is 0 Å². The number of aromatic nitrogens is 3. The predicted molar refractivity (Wildman–Crippen MR) is 93.2 cm³/mol. The Balaban J connectivity index is 1.72. The minimum absolute atomic E-state index is 0.317. The van der Waals surface area contributed by atoms with Gasteiger partial charge in [-0.2, -0.15) is 22.8 Å². The highest BCUT2D eigenvalue weighted by Crippen LogP contribution is 2.43. The van der Waals surface area contributed by atoms with Crippen molar-refractivity contribution < 1.29 is 18.0 Å². The third kappa shape index (κ3) is 3.05. The maximum absolute atomic E-state index is 13.2. The van der Waals surface area contributed by atoms with Crippen LogP contribution in [0.25, 0.3) is 5.65 Å². The van der Waals surface area contributed by atoms with E-state index in [-0.39, 0.29) is 5.91 Å². The summed E-state index contributed by atoms with van der Waals surface area (Å²) in [7, 11) is 0. The normalized spacial score (nSPS) is 16.6. The molecule has 0 unspecified atom stereocenters. The highest BCUT2D eigenvalue weighted by atomic mass is 19.4. The molecule has 1 aliphatic carbocycles. The second kappa shape index (κ2) is 6.37. The van der Waals surface area contributed by atoms with Gasteiger partial charge < -0.3 is 5.32 Å². The van der Waals surface area contributed by atoms with Gasteiger partial charge in [-0.05, 0) is 30.5 Å². The van der Waals surface area contributed by atoms with E-state index in [1.54, 1.807) is 30.6 Å². The molecule has 2 aromatic heterocycles. The van der Waals surface area contributed by atoms with Gasteiger partial charge in [-0.25, -0.2) is 4.98 Å². The van der Waals surface area contributed by atoms with Gasteiger partial charge in [0.2, 0.25) is 5.91 Å². The van der Waals surface area contributed by atoms with Gasteiger partial charge in [0.05, 0.1) is 17.2 Å². The number of fused-ring (bicyclic) bond motifs is 1. The SMILES string of the molecule is O=C(Nc1ccnc2ccnn12)C1(c2cccc(C(F)(F)F)c2)CCCC1. The zero-order chi connectivity index (χ0) is 19.1. The molecule has 1 saturated carbocycles. The lowest BCUT2D eigenvalue weighted by atomic mass is 9.77. The van der Waals surface area contributed by atoms with E-state index in [1.165, 1.54) is 10.6 Å². The van der Waals surface area contributed by atoms with Crippen molar-refractivity contribution in [2.75, 3.05) is 5.32 Å². The highest BCUT2D eigenvalue weighted by Gasteiger charge is 2.44. The number of amides is 1. The summed E-state index contributed by atoms with van der Waals surface area (Å²) in [5, 5.41) is 6.98. The molecule has 0 bridgehead atoms. The summed E-state index contributed by atoms with van der Waals surface area (Å²) in [6, 6.07) is 8.42. The molecule has 1 aliphatic rings. The summed E-state index contributed by atoms with van der Waals surface area (Å²) in [5.41, 5.74) is -0.743. The lowest BCUT2D eigenvalue weighted by Crippen LogP contribution is -2.38. The van der Waals surface area contributed by atoms with Crippen molar-refractivity contribution in [2.45, 2.75) is 37.3 Å². The Morgan fingerprint density at radius 2 is 1.89 bits per heavy atom. The number of hydrogen-bond donors (Lipinski definition) is 1. The van der Waals surface area contributed by atoms with Gasteiger partial charge in [-0.15, -0.1) is 0 Å². The third-order valence-corrected chi connectivity index (χ3v) is 5.17. The number of carbonyl (C=O) groups is 1. The van der Waals surface area contributed by atoms with Crippen molar-refractivity contribution in [2.24, 2.45) is 0 Å². The number of rotatable bonds is 3. The molecule has 4 rings (SSSR count). The molecule has 1 fully saturated rings. The van der Waals surface area contributed by atoms with Crippen LogP contribution >= 0.6 is 0 Å². The van der Waals surface area contributed by atoms with Crippen molar-refractivity contribution in [3.63, 3.8) is 0 Å². The maximum atomic E-state index is 13.2. The minimum atomic E-state index is -4.45. The summed E-state index contributed by atoms with van der Waals surface area (Å²) in [4.78, 5) is 17.4. The summed E-state index contributed by atoms with van der Waals surface area (Å²) >= 11 is 0. The molecular formula is C19H17F3N4O. The maximum Gasteiger partial charge on any atom is 0.416 e. The van der Waals surface area contributed by atoms with Crippen LogP contribution in [0.1, 0.15) is 36.8 Å². The summed E-state index contributed by atoms with van der Waals surface area (Å²) in [5.74, 6) is 0.121. The topological polar surface area (TPSA) is 59.3 Å². The summed E-state index contributed by atoms with van der Waals surface area (Å²) < 4.78 is 40.9. The van der Waals surface area contributed by atoms with Crippen LogP contribution in [0.5, 0.6) is 0 Å². The first-order valence-corrected chi connectivity index (χ1v) is 8.68. The zero-order valence-electron chi connectivity index (χ0n) is 14.3. The quantitative estimate of drug-likeness (QED) is 0.748. The molecule has 1 amide bonds. The smallest absolute Gasteiger partial charge is 0.310 e. The van der Waals surface area contributed by atoms with Crippen LogP contribution in [0, 0.1) is 0 Å². The molecule has 0 atom stereocenters. The first kappa shape index (κ1) is 17.5. The van der Waals surface area contributed by atoms with Crippen molar-refractivity contribution in [3.05, 3.63) is 59.9 Å². The molecule has 0 aliphatic heterocycles. The van der Waals surface area contributed by atoms with Crippen molar-refractivity contribution in [3.8, 4) is 0 Å². The standard InChI is InChI=1S/C19H17F3N4O/c20-19(21,22)14-5-3-4-13(12-14)18(8-1-2-9-18)17(27)25-16-6-10-23-15-7-11-24-26(15)16/h3-7,10-12H,1-2,8-9H2,(H,25,27).